The van der Waals surface area contributed by atoms with Crippen molar-refractivity contribution in [2.24, 2.45) is 5.92 Å². The van der Waals surface area contributed by atoms with Gasteiger partial charge in [0.25, 0.3) is 0 Å². The van der Waals surface area contributed by atoms with E-state index in [1.54, 1.807) is 17.8 Å². The average Bonchev–Trinajstić information content (AvgIpc) is 3.03. The lowest BCUT2D eigenvalue weighted by atomic mass is 10.0. The van der Waals surface area contributed by atoms with Crippen molar-refractivity contribution in [1.82, 2.24) is 15.6 Å². The first-order chi connectivity index (χ1) is 14.2. The summed E-state index contributed by atoms with van der Waals surface area (Å²) in [5.74, 6) is 0.510. The van der Waals surface area contributed by atoms with E-state index >= 15 is 0 Å². The molecule has 30 heavy (non-hydrogen) atoms. The van der Waals surface area contributed by atoms with Gasteiger partial charge in [0, 0.05) is 5.54 Å². The van der Waals surface area contributed by atoms with Gasteiger partial charge in [-0.1, -0.05) is 6.54 Å². The van der Waals surface area contributed by atoms with E-state index in [1.165, 1.54) is 5.01 Å². The van der Waals surface area contributed by atoms with Crippen LogP contribution < -0.4 is 30.8 Å². The van der Waals surface area contributed by atoms with Crippen molar-refractivity contribution in [3.05, 3.63) is 23.6 Å². The number of sulfonamides is 1. The van der Waals surface area contributed by atoms with Gasteiger partial charge in [0.05, 0.1) is 35.2 Å². The Morgan fingerprint density at radius 3 is 2.80 bits per heavy atom. The van der Waals surface area contributed by atoms with Crippen LogP contribution in [0.15, 0.2) is 23.1 Å². The van der Waals surface area contributed by atoms with Crippen LogP contribution in [-0.4, -0.2) is 51.1 Å². The normalized spacial score (nSPS) is 34.8. The molecule has 0 bridgehead atoms. The van der Waals surface area contributed by atoms with Gasteiger partial charge >= 0.3 is 0 Å². The van der Waals surface area contributed by atoms with Crippen LogP contribution in [-0.2, 0) is 10.0 Å². The van der Waals surface area contributed by atoms with Gasteiger partial charge in [-0.3, -0.25) is 0 Å². The highest BCUT2D eigenvalue weighted by atomic mass is 32.2. The lowest BCUT2D eigenvalue weighted by molar-refractivity contribution is -0.831. The quantitative estimate of drug-likeness (QED) is 0.424. The molecule has 5 N–H and O–H groups in total. The lowest BCUT2D eigenvalue weighted by Crippen LogP contribution is -3.02. The molecule has 9 nitrogen and oxygen atoms in total. The summed E-state index contributed by atoms with van der Waals surface area (Å²) >= 11 is 1.79. The summed E-state index contributed by atoms with van der Waals surface area (Å²) in [4.78, 5) is 2.62. The molecule has 166 valence electrons. The number of hydrogen-bond acceptors (Lipinski definition) is 7. The molecule has 3 fully saturated rings. The molecule has 0 aromatic heterocycles. The summed E-state index contributed by atoms with van der Waals surface area (Å²) in [7, 11) is -1.45. The number of anilines is 2. The molecular formula is C19H31N7O2S2. The maximum atomic E-state index is 13.0. The number of hydrazine groups is 1. The molecule has 0 spiro atoms. The van der Waals surface area contributed by atoms with Crippen molar-refractivity contribution in [2.45, 2.75) is 60.6 Å². The predicted molar refractivity (Wildman–Crippen MR) is 119 cm³/mol. The average molecular weight is 454 g/mol. The fraction of sp³-hybridized carbons (Fsp3) is 0.684. The van der Waals surface area contributed by atoms with Gasteiger partial charge in [-0.2, -0.15) is 0 Å². The standard InChI is InChI=1S/C19H31N7O2S2/c1-12-22-23-18(29-12)26-16-9-14(30(27,28)24-19(2)6-7-19)4-5-15(16)21-17(26)8-13-10-20-25(3)11-13/h4-5,9,12-13,17-18,21-25H,6-8,10-11H2,1-3H3. The Balaban J connectivity index is 1.43. The number of benzene rings is 1. The van der Waals surface area contributed by atoms with Crippen molar-refractivity contribution in [3.63, 3.8) is 0 Å². The highest BCUT2D eigenvalue weighted by Crippen LogP contribution is 2.43. The van der Waals surface area contributed by atoms with Crippen LogP contribution >= 0.6 is 11.8 Å². The zero-order valence-corrected chi connectivity index (χ0v) is 19.2. The van der Waals surface area contributed by atoms with Crippen LogP contribution in [0.5, 0.6) is 0 Å². The van der Waals surface area contributed by atoms with E-state index in [1.807, 2.05) is 19.1 Å². The minimum atomic E-state index is -3.55. The molecule has 11 heteroatoms. The van der Waals surface area contributed by atoms with Crippen molar-refractivity contribution in [1.29, 1.82) is 0 Å². The molecular weight excluding hydrogens is 422 g/mol. The fourth-order valence-corrected chi connectivity index (χ4v) is 6.99. The molecule has 5 unspecified atom stereocenters. The van der Waals surface area contributed by atoms with Gasteiger partial charge in [0.2, 0.25) is 10.0 Å². The number of quaternary nitrogens is 1. The third kappa shape index (κ3) is 4.04. The van der Waals surface area contributed by atoms with Gasteiger partial charge in [0.15, 0.2) is 0 Å². The summed E-state index contributed by atoms with van der Waals surface area (Å²) in [5.41, 5.74) is 12.9. The van der Waals surface area contributed by atoms with E-state index in [-0.39, 0.29) is 22.6 Å². The number of nitrogens with one attached hydrogen (secondary N) is 5. The molecule has 4 aliphatic rings. The first kappa shape index (κ1) is 20.8. The first-order valence-corrected chi connectivity index (χ1v) is 13.0. The van der Waals surface area contributed by atoms with Crippen LogP contribution in [0.3, 0.4) is 0 Å². The summed E-state index contributed by atoms with van der Waals surface area (Å²) in [6, 6.07) is 5.43. The van der Waals surface area contributed by atoms with Crippen molar-refractivity contribution in [2.75, 3.05) is 30.4 Å². The number of hydrogen-bond donors (Lipinski definition) is 5. The Kier molecular flexibility index (Phi) is 5.20. The molecule has 0 radical (unpaired) electrons. The molecule has 1 aliphatic carbocycles. The minimum Gasteiger partial charge on any atom is -0.454 e. The van der Waals surface area contributed by atoms with Crippen molar-refractivity contribution < 1.29 is 13.4 Å². The molecule has 1 aromatic rings. The zero-order chi connectivity index (χ0) is 21.1. The first-order valence-electron chi connectivity index (χ1n) is 10.6. The molecule has 0 amide bonds. The van der Waals surface area contributed by atoms with Crippen LogP contribution in [0.25, 0.3) is 5.43 Å². The number of nitrogens with zero attached hydrogens (tertiary/aromatic N) is 2. The van der Waals surface area contributed by atoms with Crippen LogP contribution in [0.2, 0.25) is 0 Å². The topological polar surface area (TPSA) is 104 Å². The van der Waals surface area contributed by atoms with E-state index in [0.717, 1.165) is 43.7 Å². The summed E-state index contributed by atoms with van der Waals surface area (Å²) < 4.78 is 28.8. The van der Waals surface area contributed by atoms with E-state index in [9.17, 15) is 8.42 Å². The smallest absolute Gasteiger partial charge is 0.241 e. The maximum absolute atomic E-state index is 13.0. The van der Waals surface area contributed by atoms with Gasteiger partial charge in [0.1, 0.15) is 11.7 Å². The SMILES string of the molecule is CC1NNC(N2c3cc(S(=O)(=O)NC4(C)CC4)ccc3NC2CC2C[N-][NH+](C)C2)S1. The monoisotopic (exact) mass is 453 g/mol. The second kappa shape index (κ2) is 7.51. The molecule has 5 rings (SSSR count). The van der Waals surface area contributed by atoms with Crippen molar-refractivity contribution >= 4 is 33.2 Å². The molecule has 1 aromatic carbocycles. The minimum absolute atomic E-state index is 0.0223. The van der Waals surface area contributed by atoms with Crippen molar-refractivity contribution in [3.8, 4) is 0 Å². The molecule has 2 saturated heterocycles. The molecule has 5 atom stereocenters. The number of fused-ring (bicyclic) bond motifs is 1. The Hall–Kier alpha value is -1.08. The number of thioether (sulfide) groups is 1. The maximum Gasteiger partial charge on any atom is 0.241 e. The third-order valence-electron chi connectivity index (χ3n) is 6.35. The highest BCUT2D eigenvalue weighted by molar-refractivity contribution is 8.00. The van der Waals surface area contributed by atoms with E-state index < -0.39 is 10.0 Å². The van der Waals surface area contributed by atoms with Gasteiger partial charge in [-0.15, -0.1) is 11.8 Å². The summed E-state index contributed by atoms with van der Waals surface area (Å²) in [6.07, 6.45) is 2.83. The predicted octanol–water partition coefficient (Wildman–Crippen LogP) is 0.369. The van der Waals surface area contributed by atoms with E-state index in [0.29, 0.717) is 10.8 Å². The highest BCUT2D eigenvalue weighted by Gasteiger charge is 2.43. The second-order valence-corrected chi connectivity index (χ2v) is 12.3. The van der Waals surface area contributed by atoms with Gasteiger partial charge in [-0.05, 0) is 57.2 Å². The largest absolute Gasteiger partial charge is 0.454 e. The second-order valence-electron chi connectivity index (χ2n) is 9.21. The van der Waals surface area contributed by atoms with Crippen LogP contribution in [0, 0.1) is 5.92 Å². The van der Waals surface area contributed by atoms with Crippen LogP contribution in [0.4, 0.5) is 11.4 Å². The third-order valence-corrected chi connectivity index (χ3v) is 9.12. The Labute approximate surface area is 182 Å². The Morgan fingerprint density at radius 2 is 2.17 bits per heavy atom. The fourth-order valence-electron chi connectivity index (χ4n) is 4.46. The molecule has 1 saturated carbocycles. The van der Waals surface area contributed by atoms with E-state index in [2.05, 4.69) is 45.2 Å². The lowest BCUT2D eigenvalue weighted by Gasteiger charge is -2.33. The van der Waals surface area contributed by atoms with E-state index in [4.69, 9.17) is 0 Å². The summed E-state index contributed by atoms with van der Waals surface area (Å²) in [5, 5.41) is 5.13. The Bertz CT molecular complexity index is 923. The summed E-state index contributed by atoms with van der Waals surface area (Å²) in [6.45, 7) is 5.98. The van der Waals surface area contributed by atoms with Gasteiger partial charge < -0.3 is 20.7 Å². The Morgan fingerprint density at radius 1 is 1.37 bits per heavy atom. The van der Waals surface area contributed by atoms with Crippen LogP contribution in [0.1, 0.15) is 33.1 Å². The zero-order valence-electron chi connectivity index (χ0n) is 17.6. The molecule has 3 aliphatic heterocycles. The number of rotatable bonds is 6. The molecule has 3 heterocycles. The van der Waals surface area contributed by atoms with Gasteiger partial charge in [-0.25, -0.2) is 24.0 Å².